The molecule has 1 amide bonds. The number of carbonyl (C=O) groups excluding carboxylic acids is 1. The van der Waals surface area contributed by atoms with Crippen LogP contribution in [0.3, 0.4) is 0 Å². The minimum Gasteiger partial charge on any atom is -0.396 e. The van der Waals surface area contributed by atoms with Crippen LogP contribution in [0.25, 0.3) is 10.9 Å². The quantitative estimate of drug-likeness (QED) is 0.353. The largest absolute Gasteiger partial charge is 0.396 e. The molecule has 178 valence electrons. The summed E-state index contributed by atoms with van der Waals surface area (Å²) >= 11 is 0. The van der Waals surface area contributed by atoms with E-state index in [4.69, 9.17) is 4.84 Å². The number of amides is 1. The number of aliphatic hydroxyl groups excluding tert-OH is 2. The smallest absolute Gasteiger partial charge is 0.330 e. The number of nitrogens with one attached hydrogen (secondary N) is 1. The first kappa shape index (κ1) is 24.9. The van der Waals surface area contributed by atoms with Crippen LogP contribution < -0.4 is 5.32 Å². The van der Waals surface area contributed by atoms with Crippen molar-refractivity contribution in [1.82, 2.24) is 10.0 Å². The molecule has 4 unspecified atom stereocenters. The van der Waals surface area contributed by atoms with Crippen LogP contribution in [-0.4, -0.2) is 64.1 Å². The van der Waals surface area contributed by atoms with E-state index in [9.17, 15) is 15.0 Å². The number of aliphatic hydroxyl groups is 2. The van der Waals surface area contributed by atoms with Crippen LogP contribution in [0.1, 0.15) is 57.9 Å². The van der Waals surface area contributed by atoms with Crippen LogP contribution in [-0.2, 0) is 16.1 Å². The second-order valence-electron chi connectivity index (χ2n) is 9.02. The van der Waals surface area contributed by atoms with Crippen LogP contribution in [0.4, 0.5) is 0 Å². The normalized spacial score (nSPS) is 22.6. The fraction of sp³-hybridized carbons (Fsp3) is 0.640. The van der Waals surface area contributed by atoms with Gasteiger partial charge in [0.15, 0.2) is 6.04 Å². The van der Waals surface area contributed by atoms with Gasteiger partial charge in [-0.1, -0.05) is 57.2 Å². The van der Waals surface area contributed by atoms with Crippen LogP contribution in [0.15, 0.2) is 30.5 Å². The number of primary amides is 1. The molecule has 0 bridgehead atoms. The average Bonchev–Trinajstić information content (AvgIpc) is 3.37. The zero-order valence-electron chi connectivity index (χ0n) is 19.5. The Kier molecular flexibility index (Phi) is 9.69. The van der Waals surface area contributed by atoms with E-state index in [2.05, 4.69) is 18.0 Å². The van der Waals surface area contributed by atoms with Gasteiger partial charge in [0.2, 0.25) is 0 Å². The monoisotopic (exact) mass is 446 g/mol. The van der Waals surface area contributed by atoms with E-state index < -0.39 is 24.2 Å². The lowest BCUT2D eigenvalue weighted by Crippen LogP contribution is -2.91. The molecule has 1 aromatic carbocycles. The highest BCUT2D eigenvalue weighted by atomic mass is 16.7. The van der Waals surface area contributed by atoms with E-state index in [1.54, 1.807) is 17.3 Å². The Morgan fingerprint density at radius 1 is 1.22 bits per heavy atom. The zero-order valence-corrected chi connectivity index (χ0v) is 19.5. The number of para-hydroxylation sites is 1. The molecule has 7 nitrogen and oxygen atoms in total. The van der Waals surface area contributed by atoms with E-state index in [1.165, 1.54) is 36.6 Å². The number of carbonyl (C=O) groups is 1. The van der Waals surface area contributed by atoms with E-state index in [0.29, 0.717) is 13.1 Å². The number of hydrogen-bond donors (Lipinski definition) is 4. The van der Waals surface area contributed by atoms with Gasteiger partial charge in [-0.3, -0.25) is 10.2 Å². The molecule has 0 radical (unpaired) electrons. The number of quaternary nitrogens is 1. The van der Waals surface area contributed by atoms with E-state index >= 15 is 0 Å². The molecule has 0 saturated carbocycles. The second kappa shape index (κ2) is 12.5. The highest BCUT2D eigenvalue weighted by Gasteiger charge is 2.50. The molecule has 1 aromatic heterocycles. The molecule has 1 fully saturated rings. The molecule has 2 heterocycles. The van der Waals surface area contributed by atoms with Crippen molar-refractivity contribution >= 4 is 16.8 Å². The lowest BCUT2D eigenvalue weighted by atomic mass is 9.92. The number of unbranched alkanes of at least 4 members (excludes halogenated alkanes) is 5. The van der Waals surface area contributed by atoms with Gasteiger partial charge < -0.3 is 15.2 Å². The lowest BCUT2D eigenvalue weighted by molar-refractivity contribution is -0.571. The molecular weight excluding hydrogens is 406 g/mol. The predicted octanol–water partition coefficient (Wildman–Crippen LogP) is 2.13. The number of benzene rings is 1. The summed E-state index contributed by atoms with van der Waals surface area (Å²) in [7, 11) is 0. The SMILES string of the molecule is CCCCCCCCN1OC(C(C)O)C(CO)C1C(=O)[NH2+]CCc1c[nH]c2ccccc12. The minimum absolute atomic E-state index is 0.0296. The predicted molar refractivity (Wildman–Crippen MR) is 125 cm³/mol. The van der Waals surface area contributed by atoms with Gasteiger partial charge in [-0.2, -0.15) is 5.06 Å². The van der Waals surface area contributed by atoms with Crippen molar-refractivity contribution in [3.63, 3.8) is 0 Å². The third-order valence-electron chi connectivity index (χ3n) is 6.54. The molecule has 5 N–H and O–H groups in total. The maximum absolute atomic E-state index is 13.2. The summed E-state index contributed by atoms with van der Waals surface area (Å²) in [5.74, 6) is -0.454. The summed E-state index contributed by atoms with van der Waals surface area (Å²) in [6.07, 6.45) is 8.38. The summed E-state index contributed by atoms with van der Waals surface area (Å²) in [6.45, 7) is 4.94. The fourth-order valence-electron chi connectivity index (χ4n) is 4.76. The number of nitrogens with two attached hydrogens (primary N) is 1. The molecule has 1 aliphatic rings. The topological polar surface area (TPSA) is 102 Å². The van der Waals surface area contributed by atoms with Crippen molar-refractivity contribution in [3.05, 3.63) is 36.0 Å². The van der Waals surface area contributed by atoms with Crippen molar-refractivity contribution in [2.75, 3.05) is 19.7 Å². The molecular formula is C25H40N3O4+. The zero-order chi connectivity index (χ0) is 22.9. The molecule has 32 heavy (non-hydrogen) atoms. The summed E-state index contributed by atoms with van der Waals surface area (Å²) in [5.41, 5.74) is 2.29. The maximum Gasteiger partial charge on any atom is 0.330 e. The molecule has 3 rings (SSSR count). The van der Waals surface area contributed by atoms with E-state index in [-0.39, 0.29) is 12.5 Å². The molecule has 7 heteroatoms. The highest BCUT2D eigenvalue weighted by Crippen LogP contribution is 2.30. The Balaban J connectivity index is 1.57. The first-order valence-corrected chi connectivity index (χ1v) is 12.2. The standard InChI is InChI=1S/C25H39N3O4/c1-3-4-5-6-7-10-15-28-23(21(17-29)24(32-28)18(2)30)25(31)26-14-13-19-16-27-22-12-9-8-11-20(19)22/h8-9,11-12,16,18,21,23-24,27,29-30H,3-7,10,13-15,17H2,1-2H3,(H,26,31)/p+1. The summed E-state index contributed by atoms with van der Waals surface area (Å²) in [5, 5.41) is 24.8. The number of nitrogens with zero attached hydrogens (tertiary/aromatic N) is 1. The minimum atomic E-state index is -0.747. The van der Waals surface area contributed by atoms with Crippen molar-refractivity contribution in [2.24, 2.45) is 5.92 Å². The number of H-pyrrole nitrogens is 1. The van der Waals surface area contributed by atoms with Crippen molar-refractivity contribution in [1.29, 1.82) is 0 Å². The third kappa shape index (κ3) is 6.17. The van der Waals surface area contributed by atoms with Gasteiger partial charge >= 0.3 is 5.91 Å². The number of aromatic amines is 1. The van der Waals surface area contributed by atoms with E-state index in [1.807, 2.05) is 24.4 Å². The summed E-state index contributed by atoms with van der Waals surface area (Å²) in [4.78, 5) is 22.4. The molecule has 2 aromatic rings. The number of fused-ring (bicyclic) bond motifs is 1. The molecule has 1 aliphatic heterocycles. The van der Waals surface area contributed by atoms with Crippen LogP contribution in [0.2, 0.25) is 0 Å². The number of hydroxylamine groups is 2. The van der Waals surface area contributed by atoms with Crippen LogP contribution in [0.5, 0.6) is 0 Å². The van der Waals surface area contributed by atoms with Crippen LogP contribution >= 0.6 is 0 Å². The van der Waals surface area contributed by atoms with Gasteiger partial charge in [-0.15, -0.1) is 0 Å². The summed E-state index contributed by atoms with van der Waals surface area (Å²) < 4.78 is 0. The Morgan fingerprint density at radius 3 is 2.72 bits per heavy atom. The molecule has 4 atom stereocenters. The van der Waals surface area contributed by atoms with Crippen molar-refractivity contribution in [2.45, 2.75) is 77.0 Å². The van der Waals surface area contributed by atoms with Gasteiger partial charge in [0.05, 0.1) is 19.3 Å². The number of hydrogen-bond acceptors (Lipinski definition) is 5. The third-order valence-corrected chi connectivity index (χ3v) is 6.54. The maximum atomic E-state index is 13.2. The Bertz CT molecular complexity index is 837. The average molecular weight is 447 g/mol. The Labute approximate surface area is 191 Å². The van der Waals surface area contributed by atoms with Crippen molar-refractivity contribution < 1.29 is 25.2 Å². The van der Waals surface area contributed by atoms with Gasteiger partial charge in [0, 0.05) is 36.0 Å². The fourth-order valence-corrected chi connectivity index (χ4v) is 4.76. The van der Waals surface area contributed by atoms with Crippen LogP contribution in [0, 0.1) is 5.92 Å². The second-order valence-corrected chi connectivity index (χ2v) is 9.02. The Morgan fingerprint density at radius 2 is 1.97 bits per heavy atom. The lowest BCUT2D eigenvalue weighted by Gasteiger charge is -2.21. The molecule has 1 saturated heterocycles. The highest BCUT2D eigenvalue weighted by molar-refractivity contribution is 5.83. The molecule has 0 aliphatic carbocycles. The van der Waals surface area contributed by atoms with Gasteiger partial charge in [0.25, 0.3) is 0 Å². The first-order valence-electron chi connectivity index (χ1n) is 12.2. The molecule has 0 spiro atoms. The van der Waals surface area contributed by atoms with Gasteiger partial charge in [-0.05, 0) is 25.0 Å². The van der Waals surface area contributed by atoms with E-state index in [0.717, 1.165) is 24.8 Å². The van der Waals surface area contributed by atoms with Gasteiger partial charge in [-0.25, -0.2) is 4.79 Å². The Hall–Kier alpha value is -1.77. The first-order chi connectivity index (χ1) is 15.6. The number of rotatable bonds is 13. The van der Waals surface area contributed by atoms with Gasteiger partial charge in [0.1, 0.15) is 6.10 Å². The van der Waals surface area contributed by atoms with Crippen molar-refractivity contribution in [3.8, 4) is 0 Å². The number of aromatic nitrogens is 1. The summed E-state index contributed by atoms with van der Waals surface area (Å²) in [6, 6.07) is 7.62.